The van der Waals surface area contributed by atoms with Gasteiger partial charge in [-0.3, -0.25) is 14.4 Å². The van der Waals surface area contributed by atoms with E-state index in [0.717, 1.165) is 29.4 Å². The number of methoxy groups -OCH3 is 3. The van der Waals surface area contributed by atoms with Crippen LogP contribution in [0, 0.1) is 24.3 Å². The van der Waals surface area contributed by atoms with Crippen molar-refractivity contribution < 1.29 is 37.9 Å². The Morgan fingerprint density at radius 2 is 1.00 bits per heavy atom. The summed E-state index contributed by atoms with van der Waals surface area (Å²) in [5.41, 5.74) is 7.40. The van der Waals surface area contributed by atoms with Crippen LogP contribution in [0.25, 0.3) is 0 Å². The second-order valence-electron chi connectivity index (χ2n) is 13.1. The van der Waals surface area contributed by atoms with Gasteiger partial charge in [-0.05, 0) is 124 Å². The number of carbonyl (C=O) groups excluding carboxylic acids is 3. The van der Waals surface area contributed by atoms with Gasteiger partial charge in [0.05, 0.1) is 32.5 Å². The molecule has 3 aromatic rings. The van der Waals surface area contributed by atoms with Crippen molar-refractivity contribution in [3.8, 4) is 0 Å². The fourth-order valence-electron chi connectivity index (χ4n) is 4.66. The van der Waals surface area contributed by atoms with Gasteiger partial charge < -0.3 is 23.5 Å². The predicted molar refractivity (Wildman–Crippen MR) is 203 cm³/mol. The molecule has 4 rings (SSSR count). The minimum Gasteiger partial charge on any atom is -0.469 e. The van der Waals surface area contributed by atoms with Crippen molar-refractivity contribution in [3.63, 3.8) is 0 Å². The molecule has 3 aromatic carbocycles. The molecule has 1 heterocycles. The first-order chi connectivity index (χ1) is 23.0. The molecule has 0 bridgehead atoms. The van der Waals surface area contributed by atoms with Crippen molar-refractivity contribution in [1.29, 1.82) is 0 Å². The summed E-state index contributed by atoms with van der Waals surface area (Å²) < 4.78 is 27.3. The Labute approximate surface area is 306 Å². The number of halogens is 1. The second kappa shape index (κ2) is 19.8. The number of hydrogen-bond acceptors (Lipinski definition) is 8. The van der Waals surface area contributed by atoms with E-state index in [1.165, 1.54) is 47.2 Å². The van der Waals surface area contributed by atoms with E-state index in [-0.39, 0.29) is 36.2 Å². The molecule has 0 N–H and O–H groups in total. The Morgan fingerprint density at radius 3 is 1.43 bits per heavy atom. The van der Waals surface area contributed by atoms with Crippen LogP contribution in [0.3, 0.4) is 0 Å². The number of rotatable bonds is 10. The minimum atomic E-state index is -0.372. The summed E-state index contributed by atoms with van der Waals surface area (Å²) in [6.07, 6.45) is 3.45. The largest absolute Gasteiger partial charge is 0.495 e. The first kappa shape index (κ1) is 42.0. The lowest BCUT2D eigenvalue weighted by molar-refractivity contribution is -0.141. The van der Waals surface area contributed by atoms with Crippen molar-refractivity contribution in [3.05, 3.63) is 97.6 Å². The monoisotopic (exact) mass is 786 g/mol. The van der Waals surface area contributed by atoms with Crippen LogP contribution in [-0.2, 0) is 57.2 Å². The van der Waals surface area contributed by atoms with Gasteiger partial charge in [-0.15, -0.1) is 0 Å². The highest BCUT2D eigenvalue weighted by molar-refractivity contribution is 14.1. The predicted octanol–water partition coefficient (Wildman–Crippen LogP) is 7.21. The highest BCUT2D eigenvalue weighted by Gasteiger charge is 2.52. The Bertz CT molecular complexity index is 1520. The Balaban J connectivity index is 0.000000269. The zero-order valence-corrected chi connectivity index (χ0v) is 32.9. The number of ether oxygens (including phenoxy) is 3. The van der Waals surface area contributed by atoms with Crippen LogP contribution in [0.1, 0.15) is 80.3 Å². The molecule has 0 radical (unpaired) electrons. The molecule has 266 valence electrons. The van der Waals surface area contributed by atoms with Crippen LogP contribution in [-0.4, -0.2) is 57.6 Å². The van der Waals surface area contributed by atoms with Crippen molar-refractivity contribution in [2.75, 3.05) is 21.3 Å². The lowest BCUT2D eigenvalue weighted by atomic mass is 9.75. The molecule has 0 amide bonds. The normalized spacial score (nSPS) is 14.1. The van der Waals surface area contributed by atoms with Crippen LogP contribution in [0.15, 0.2) is 60.7 Å². The topological polar surface area (TPSA) is 97.4 Å². The molecule has 0 aliphatic carbocycles. The number of carbonyl (C=O) groups is 3. The molecule has 10 heteroatoms. The maximum atomic E-state index is 11.3. The number of hydrogen-bond donors (Lipinski definition) is 0. The van der Waals surface area contributed by atoms with E-state index in [1.54, 1.807) is 0 Å². The molecule has 0 spiro atoms. The third kappa shape index (κ3) is 13.9. The highest BCUT2D eigenvalue weighted by atomic mass is 127. The van der Waals surface area contributed by atoms with Gasteiger partial charge in [0.1, 0.15) is 0 Å². The van der Waals surface area contributed by atoms with Gasteiger partial charge >= 0.3 is 25.0 Å². The first-order valence-electron chi connectivity index (χ1n) is 16.5. The lowest BCUT2D eigenvalue weighted by Crippen LogP contribution is -2.41. The smallest absolute Gasteiger partial charge is 0.469 e. The van der Waals surface area contributed by atoms with Gasteiger partial charge in [0.15, 0.2) is 0 Å². The summed E-state index contributed by atoms with van der Waals surface area (Å²) in [4.78, 5) is 33.0. The zero-order valence-electron chi connectivity index (χ0n) is 30.7. The quantitative estimate of drug-likeness (QED) is 0.0922. The van der Waals surface area contributed by atoms with Crippen molar-refractivity contribution >= 4 is 53.1 Å². The maximum Gasteiger partial charge on any atom is 0.495 e. The van der Waals surface area contributed by atoms with Crippen molar-refractivity contribution in [2.24, 2.45) is 0 Å². The fourth-order valence-corrected chi connectivity index (χ4v) is 5.24. The maximum absolute atomic E-state index is 11.3. The average Bonchev–Trinajstić information content (AvgIpc) is 3.30. The summed E-state index contributed by atoms with van der Waals surface area (Å²) in [5.74, 6) is -0.501. The molecule has 1 fully saturated rings. The second-order valence-corrected chi connectivity index (χ2v) is 14.2. The van der Waals surface area contributed by atoms with Gasteiger partial charge in [0, 0.05) is 22.8 Å². The first-order valence-corrected chi connectivity index (χ1v) is 17.6. The van der Waals surface area contributed by atoms with E-state index < -0.39 is 0 Å². The van der Waals surface area contributed by atoms with Gasteiger partial charge in [0.2, 0.25) is 0 Å². The van der Waals surface area contributed by atoms with Gasteiger partial charge in [-0.25, -0.2) is 0 Å². The molecular formula is C39H52BIO8. The summed E-state index contributed by atoms with van der Waals surface area (Å²) in [6.45, 7) is 14.3. The SMILES string of the molecule is COC(=O)CCc1ccc(C)c(B2OC(C)(C)C(C)(C)O2)c1.COC(=O)CCc1ccc(C)c(I)c1.COC(=O)CCc1ccc(C)cc1. The van der Waals surface area contributed by atoms with Crippen molar-refractivity contribution in [2.45, 2.75) is 98.2 Å². The standard InChI is InChI=1S/C17H25BO4.C11H13IO2.C11H14O2/c1-12-7-8-13(9-10-15(19)20-6)11-14(12)18-21-16(2,3)17(4,5)22-18;1-8-3-4-9(7-10(8)12)5-6-11(13)14-2;1-9-3-5-10(6-4-9)7-8-11(12)13-2/h7-8,11H,9-10H2,1-6H3;3-4,7H,5-6H2,1-2H3;3-6H,7-8H2,1-2H3. The molecule has 1 aliphatic heterocycles. The van der Waals surface area contributed by atoms with E-state index >= 15 is 0 Å². The molecule has 0 atom stereocenters. The van der Waals surface area contributed by atoms with E-state index in [9.17, 15) is 14.4 Å². The Hall–Kier alpha value is -3.22. The molecule has 1 saturated heterocycles. The number of aryl methyl sites for hydroxylation is 6. The lowest BCUT2D eigenvalue weighted by Gasteiger charge is -2.32. The summed E-state index contributed by atoms with van der Waals surface area (Å²) in [6, 6.07) is 20.6. The third-order valence-electron chi connectivity index (χ3n) is 8.74. The molecule has 8 nitrogen and oxygen atoms in total. The zero-order chi connectivity index (χ0) is 36.8. The van der Waals surface area contributed by atoms with Crippen LogP contribution in [0.2, 0.25) is 0 Å². The third-order valence-corrected chi connectivity index (χ3v) is 9.91. The molecular weight excluding hydrogens is 734 g/mol. The molecule has 49 heavy (non-hydrogen) atoms. The minimum absolute atomic E-state index is 0.152. The van der Waals surface area contributed by atoms with E-state index in [1.807, 2.05) is 77.9 Å². The molecule has 0 saturated carbocycles. The molecule has 0 aromatic heterocycles. The van der Waals surface area contributed by atoms with Gasteiger partial charge in [-0.1, -0.05) is 65.7 Å². The Kier molecular flexibility index (Phi) is 17.0. The van der Waals surface area contributed by atoms with Crippen LogP contribution in [0.5, 0.6) is 0 Å². The Morgan fingerprint density at radius 1 is 0.612 bits per heavy atom. The highest BCUT2D eigenvalue weighted by Crippen LogP contribution is 2.36. The van der Waals surface area contributed by atoms with Gasteiger partial charge in [0.25, 0.3) is 0 Å². The molecule has 1 aliphatic rings. The van der Waals surface area contributed by atoms with Crippen LogP contribution in [0.4, 0.5) is 0 Å². The van der Waals surface area contributed by atoms with Crippen LogP contribution < -0.4 is 5.46 Å². The van der Waals surface area contributed by atoms with E-state index in [0.29, 0.717) is 25.7 Å². The van der Waals surface area contributed by atoms with E-state index in [2.05, 4.69) is 63.3 Å². The fraction of sp³-hybridized carbons (Fsp3) is 0.462. The van der Waals surface area contributed by atoms with Crippen molar-refractivity contribution in [1.82, 2.24) is 0 Å². The van der Waals surface area contributed by atoms with Gasteiger partial charge in [-0.2, -0.15) is 0 Å². The number of esters is 3. The summed E-state index contributed by atoms with van der Waals surface area (Å²) in [5, 5.41) is 0. The number of benzene rings is 3. The summed E-state index contributed by atoms with van der Waals surface area (Å²) >= 11 is 2.30. The molecule has 0 unspecified atom stereocenters. The summed E-state index contributed by atoms with van der Waals surface area (Å²) in [7, 11) is 3.87. The average molecular weight is 787 g/mol. The van der Waals surface area contributed by atoms with E-state index in [4.69, 9.17) is 14.0 Å². The van der Waals surface area contributed by atoms with Crippen LogP contribution >= 0.6 is 22.6 Å².